The lowest BCUT2D eigenvalue weighted by molar-refractivity contribution is 0.500. The van der Waals surface area contributed by atoms with Gasteiger partial charge in [0.25, 0.3) is 0 Å². The summed E-state index contributed by atoms with van der Waals surface area (Å²) in [6.45, 7) is 2.61. The number of nitrogens with one attached hydrogen (secondary N) is 1. The highest BCUT2D eigenvalue weighted by Gasteiger charge is 2.21. The molecule has 5 heteroatoms. The van der Waals surface area contributed by atoms with Crippen molar-refractivity contribution in [3.8, 4) is 0 Å². The monoisotopic (exact) mass is 357 g/mol. The van der Waals surface area contributed by atoms with Gasteiger partial charge in [0, 0.05) is 10.0 Å². The molecule has 0 saturated carbocycles. The number of rotatable bonds is 5. The fourth-order valence-electron chi connectivity index (χ4n) is 2.15. The molecule has 0 spiro atoms. The predicted molar refractivity (Wildman–Crippen MR) is 80.6 cm³/mol. The van der Waals surface area contributed by atoms with Crippen molar-refractivity contribution >= 4 is 15.9 Å². The molecule has 2 rings (SSSR count). The molecule has 1 unspecified atom stereocenters. The van der Waals surface area contributed by atoms with Crippen molar-refractivity contribution in [2.75, 3.05) is 6.54 Å². The first-order valence-electron chi connectivity index (χ1n) is 6.66. The van der Waals surface area contributed by atoms with Crippen LogP contribution in [0.2, 0.25) is 0 Å². The van der Waals surface area contributed by atoms with E-state index in [-0.39, 0.29) is 0 Å². The molecule has 2 aromatic carbocycles. The third kappa shape index (κ3) is 3.66. The highest BCUT2D eigenvalue weighted by Crippen LogP contribution is 2.31. The van der Waals surface area contributed by atoms with Gasteiger partial charge in [-0.3, -0.25) is 0 Å². The summed E-state index contributed by atoms with van der Waals surface area (Å²) in [4.78, 5) is 0. The Morgan fingerprint density at radius 2 is 1.81 bits per heavy atom. The van der Waals surface area contributed by atoms with Crippen LogP contribution in [0, 0.1) is 17.5 Å². The maximum Gasteiger partial charge on any atom is 0.159 e. The van der Waals surface area contributed by atoms with Gasteiger partial charge in [0.1, 0.15) is 5.82 Å². The Morgan fingerprint density at radius 1 is 1.05 bits per heavy atom. The van der Waals surface area contributed by atoms with Gasteiger partial charge in [0.15, 0.2) is 11.6 Å². The van der Waals surface area contributed by atoms with E-state index in [2.05, 4.69) is 21.2 Å². The molecule has 1 atom stereocenters. The fourth-order valence-corrected chi connectivity index (χ4v) is 2.72. The maximum absolute atomic E-state index is 14.2. The summed E-state index contributed by atoms with van der Waals surface area (Å²) in [6, 6.07) is 7.73. The molecule has 0 amide bonds. The van der Waals surface area contributed by atoms with Gasteiger partial charge in [0.05, 0.1) is 6.04 Å². The zero-order valence-electron chi connectivity index (χ0n) is 11.5. The molecule has 0 aromatic heterocycles. The smallest absolute Gasteiger partial charge is 0.159 e. The average molecular weight is 358 g/mol. The Bertz CT molecular complexity index is 611. The lowest BCUT2D eigenvalue weighted by Crippen LogP contribution is -2.24. The summed E-state index contributed by atoms with van der Waals surface area (Å²) in [6.07, 6.45) is 0.840. The average Bonchev–Trinajstić information content (AvgIpc) is 2.45. The molecule has 1 nitrogen and oxygen atoms in total. The second-order valence-electron chi connectivity index (χ2n) is 4.70. The van der Waals surface area contributed by atoms with Crippen molar-refractivity contribution < 1.29 is 13.2 Å². The van der Waals surface area contributed by atoms with Crippen LogP contribution in [0.4, 0.5) is 13.2 Å². The van der Waals surface area contributed by atoms with Gasteiger partial charge in [-0.2, -0.15) is 0 Å². The largest absolute Gasteiger partial charge is 0.306 e. The van der Waals surface area contributed by atoms with Crippen LogP contribution in [0.1, 0.15) is 30.5 Å². The van der Waals surface area contributed by atoms with Crippen LogP contribution in [0.25, 0.3) is 0 Å². The van der Waals surface area contributed by atoms with E-state index in [1.807, 2.05) is 6.92 Å². The van der Waals surface area contributed by atoms with Crippen molar-refractivity contribution in [2.45, 2.75) is 19.4 Å². The minimum absolute atomic E-state index is 0.386. The minimum Gasteiger partial charge on any atom is -0.306 e. The predicted octanol–water partition coefficient (Wildman–Crippen LogP) is 4.96. The van der Waals surface area contributed by atoms with Gasteiger partial charge < -0.3 is 5.32 Å². The quantitative estimate of drug-likeness (QED) is 0.797. The summed E-state index contributed by atoms with van der Waals surface area (Å²) in [5.41, 5.74) is 0.866. The van der Waals surface area contributed by atoms with Gasteiger partial charge in [0.2, 0.25) is 0 Å². The number of hydrogen-bond donors (Lipinski definition) is 1. The molecule has 0 aliphatic carbocycles. The van der Waals surface area contributed by atoms with Crippen LogP contribution < -0.4 is 5.32 Å². The van der Waals surface area contributed by atoms with E-state index >= 15 is 0 Å². The zero-order chi connectivity index (χ0) is 15.4. The summed E-state index contributed by atoms with van der Waals surface area (Å²) in [5, 5.41) is 3.17. The number of halogens is 4. The summed E-state index contributed by atoms with van der Waals surface area (Å²) in [7, 11) is 0. The van der Waals surface area contributed by atoms with E-state index in [9.17, 15) is 13.2 Å². The van der Waals surface area contributed by atoms with Gasteiger partial charge in [-0.05, 0) is 42.8 Å². The molecule has 0 bridgehead atoms. The lowest BCUT2D eigenvalue weighted by atomic mass is 9.97. The van der Waals surface area contributed by atoms with Crippen molar-refractivity contribution in [2.24, 2.45) is 0 Å². The van der Waals surface area contributed by atoms with Gasteiger partial charge in [-0.25, -0.2) is 13.2 Å². The molecule has 0 aliphatic heterocycles. The van der Waals surface area contributed by atoms with E-state index < -0.39 is 23.5 Å². The van der Waals surface area contributed by atoms with E-state index in [1.54, 1.807) is 12.1 Å². The Labute approximate surface area is 130 Å². The number of hydrogen-bond acceptors (Lipinski definition) is 1. The Morgan fingerprint density at radius 3 is 2.43 bits per heavy atom. The van der Waals surface area contributed by atoms with Crippen LogP contribution in [0.15, 0.2) is 40.9 Å². The van der Waals surface area contributed by atoms with Crippen LogP contribution in [-0.2, 0) is 0 Å². The minimum atomic E-state index is -0.941. The third-order valence-corrected chi connectivity index (χ3v) is 3.86. The summed E-state index contributed by atoms with van der Waals surface area (Å²) in [5.74, 6) is -2.26. The second-order valence-corrected chi connectivity index (χ2v) is 5.55. The highest BCUT2D eigenvalue weighted by molar-refractivity contribution is 9.10. The van der Waals surface area contributed by atoms with Gasteiger partial charge in [-0.15, -0.1) is 0 Å². The van der Waals surface area contributed by atoms with Crippen molar-refractivity contribution in [3.63, 3.8) is 0 Å². The summed E-state index contributed by atoms with van der Waals surface area (Å²) >= 11 is 3.32. The molecule has 1 N–H and O–H groups in total. The molecule has 0 fully saturated rings. The fraction of sp³-hybridized carbons (Fsp3) is 0.250. The maximum atomic E-state index is 14.2. The molecule has 112 valence electrons. The van der Waals surface area contributed by atoms with Crippen molar-refractivity contribution in [1.29, 1.82) is 0 Å². The Kier molecular flexibility index (Phi) is 5.42. The SMILES string of the molecule is CCCNC(c1ccc(F)c(F)c1)c1c(F)cccc1Br. The molecule has 0 aliphatic rings. The standard InChI is InChI=1S/C16H15BrF3N/c1-2-8-21-16(10-6-7-12(18)14(20)9-10)15-11(17)4-3-5-13(15)19/h3-7,9,16,21H,2,8H2,1H3. The third-order valence-electron chi connectivity index (χ3n) is 3.16. The van der Waals surface area contributed by atoms with Crippen molar-refractivity contribution in [3.05, 3.63) is 69.4 Å². The van der Waals surface area contributed by atoms with E-state index in [0.29, 0.717) is 22.1 Å². The molecule has 21 heavy (non-hydrogen) atoms. The van der Waals surface area contributed by atoms with E-state index in [4.69, 9.17) is 0 Å². The normalized spacial score (nSPS) is 12.4. The molecule has 2 aromatic rings. The highest BCUT2D eigenvalue weighted by atomic mass is 79.9. The van der Waals surface area contributed by atoms with Crippen molar-refractivity contribution in [1.82, 2.24) is 5.32 Å². The first kappa shape index (κ1) is 16.0. The van der Waals surface area contributed by atoms with Gasteiger partial charge >= 0.3 is 0 Å². The van der Waals surface area contributed by atoms with E-state index in [1.165, 1.54) is 12.1 Å². The van der Waals surface area contributed by atoms with Crippen LogP contribution in [-0.4, -0.2) is 6.54 Å². The summed E-state index contributed by atoms with van der Waals surface area (Å²) < 4.78 is 41.3. The Balaban J connectivity index is 2.49. The second kappa shape index (κ2) is 7.09. The molecular formula is C16H15BrF3N. The first-order valence-corrected chi connectivity index (χ1v) is 7.46. The first-order chi connectivity index (χ1) is 10.0. The van der Waals surface area contributed by atoms with Crippen LogP contribution >= 0.6 is 15.9 Å². The van der Waals surface area contributed by atoms with Crippen LogP contribution in [0.5, 0.6) is 0 Å². The molecule has 0 heterocycles. The van der Waals surface area contributed by atoms with Crippen LogP contribution in [0.3, 0.4) is 0 Å². The molecule has 0 radical (unpaired) electrons. The Hall–Kier alpha value is -1.33. The number of benzene rings is 2. The topological polar surface area (TPSA) is 12.0 Å². The van der Waals surface area contributed by atoms with Gasteiger partial charge in [-0.1, -0.05) is 35.0 Å². The van der Waals surface area contributed by atoms with E-state index in [0.717, 1.165) is 18.6 Å². The molecule has 0 saturated heterocycles. The molecular weight excluding hydrogens is 343 g/mol. The lowest BCUT2D eigenvalue weighted by Gasteiger charge is -2.21. The zero-order valence-corrected chi connectivity index (χ0v) is 13.1.